The largest absolute Gasteiger partial charge is 0.481 e. The first-order valence-corrected chi connectivity index (χ1v) is 11.9. The van der Waals surface area contributed by atoms with Gasteiger partial charge in [0.25, 0.3) is 0 Å². The number of hydrogen-bond donors (Lipinski definition) is 2. The molecule has 0 aliphatic rings. The summed E-state index contributed by atoms with van der Waals surface area (Å²) in [7, 11) is 0. The van der Waals surface area contributed by atoms with Crippen molar-refractivity contribution in [2.24, 2.45) is 11.1 Å². The van der Waals surface area contributed by atoms with Crippen molar-refractivity contribution >= 4 is 5.97 Å². The van der Waals surface area contributed by atoms with Crippen LogP contribution in [0, 0.1) is 5.41 Å². The molecule has 204 valence electrons. The number of ether oxygens (including phenoxy) is 8. The first-order valence-electron chi connectivity index (χ1n) is 11.9. The Morgan fingerprint density at radius 2 is 0.853 bits per heavy atom. The predicted octanol–water partition coefficient (Wildman–Crippen LogP) is 0.967. The lowest BCUT2D eigenvalue weighted by Gasteiger charge is -2.26. The average Bonchev–Trinajstić information content (AvgIpc) is 2.78. The highest BCUT2D eigenvalue weighted by Crippen LogP contribution is 2.17. The summed E-state index contributed by atoms with van der Waals surface area (Å²) in [5, 5.41) is 8.46. The number of carbonyl (C=O) groups is 1. The van der Waals surface area contributed by atoms with Crippen LogP contribution < -0.4 is 5.73 Å². The molecule has 11 nitrogen and oxygen atoms in total. The van der Waals surface area contributed by atoms with E-state index in [9.17, 15) is 4.79 Å². The lowest BCUT2D eigenvalue weighted by atomic mass is 9.88. The Labute approximate surface area is 204 Å². The van der Waals surface area contributed by atoms with Crippen molar-refractivity contribution < 1.29 is 47.8 Å². The molecule has 0 aromatic rings. The van der Waals surface area contributed by atoms with Gasteiger partial charge in [-0.3, -0.25) is 4.79 Å². The van der Waals surface area contributed by atoms with Gasteiger partial charge in [-0.2, -0.15) is 0 Å². The monoisotopic (exact) mass is 497 g/mol. The van der Waals surface area contributed by atoms with Gasteiger partial charge in [0, 0.05) is 6.04 Å². The average molecular weight is 498 g/mol. The third-order valence-electron chi connectivity index (χ3n) is 4.47. The van der Waals surface area contributed by atoms with Crippen LogP contribution in [0.1, 0.15) is 27.2 Å². The van der Waals surface area contributed by atoms with Gasteiger partial charge >= 0.3 is 5.97 Å². The van der Waals surface area contributed by atoms with Crippen LogP contribution in [0.25, 0.3) is 0 Å². The van der Waals surface area contributed by atoms with E-state index < -0.39 is 5.97 Å². The van der Waals surface area contributed by atoms with Gasteiger partial charge in [0.2, 0.25) is 0 Å². The number of aliphatic carboxylic acids is 1. The van der Waals surface area contributed by atoms with E-state index in [0.717, 1.165) is 0 Å². The smallest absolute Gasteiger partial charge is 0.305 e. The zero-order valence-corrected chi connectivity index (χ0v) is 21.3. The van der Waals surface area contributed by atoms with Crippen LogP contribution in [-0.2, 0) is 42.7 Å². The molecular weight excluding hydrogens is 450 g/mol. The molecule has 0 spiro atoms. The normalized spacial score (nSPS) is 12.8. The molecule has 11 heteroatoms. The summed E-state index contributed by atoms with van der Waals surface area (Å²) < 4.78 is 43.0. The SMILES string of the molecule is CC(C)(C)C(N)COCCOCCOCCOCCOCCOCCOCCOCCC(=O)O. The van der Waals surface area contributed by atoms with E-state index in [1.54, 1.807) is 0 Å². The second-order valence-corrected chi connectivity index (χ2v) is 8.48. The van der Waals surface area contributed by atoms with Gasteiger partial charge in [0.1, 0.15) is 0 Å². The van der Waals surface area contributed by atoms with E-state index in [2.05, 4.69) is 20.8 Å². The topological polar surface area (TPSA) is 137 Å². The second kappa shape index (κ2) is 23.8. The fourth-order valence-electron chi connectivity index (χ4n) is 2.16. The molecule has 0 saturated carbocycles. The quantitative estimate of drug-likeness (QED) is 0.165. The Kier molecular flexibility index (Phi) is 23.2. The number of nitrogens with two attached hydrogens (primary N) is 1. The predicted molar refractivity (Wildman–Crippen MR) is 126 cm³/mol. The van der Waals surface area contributed by atoms with E-state index in [0.29, 0.717) is 99.1 Å². The van der Waals surface area contributed by atoms with Crippen molar-refractivity contribution in [2.45, 2.75) is 33.2 Å². The minimum Gasteiger partial charge on any atom is -0.481 e. The highest BCUT2D eigenvalue weighted by atomic mass is 16.6. The van der Waals surface area contributed by atoms with Crippen molar-refractivity contribution in [1.29, 1.82) is 0 Å². The Morgan fingerprint density at radius 3 is 1.12 bits per heavy atom. The number of carboxylic acid groups (broad SMARTS) is 1. The Balaban J connectivity index is 3.10. The van der Waals surface area contributed by atoms with E-state index in [-0.39, 0.29) is 24.5 Å². The minimum absolute atomic E-state index is 0.00304. The lowest BCUT2D eigenvalue weighted by Crippen LogP contribution is -2.39. The summed E-state index contributed by atoms with van der Waals surface area (Å²) in [5.41, 5.74) is 6.06. The fourth-order valence-corrected chi connectivity index (χ4v) is 2.16. The van der Waals surface area contributed by atoms with E-state index in [4.69, 9.17) is 48.7 Å². The molecule has 0 aliphatic carbocycles. The molecule has 0 aromatic carbocycles. The standard InChI is InChI=1S/C23H47NO10/c1-23(2,3)21(24)20-34-19-18-33-17-16-32-15-14-31-13-12-30-11-10-29-9-8-28-7-6-27-5-4-22(25)26/h21H,4-20,24H2,1-3H3,(H,25,26). The summed E-state index contributed by atoms with van der Waals surface area (Å²) in [6.45, 7) is 13.8. The van der Waals surface area contributed by atoms with Crippen LogP contribution in [0.4, 0.5) is 0 Å². The molecule has 0 aromatic heterocycles. The summed E-state index contributed by atoms with van der Waals surface area (Å²) in [6.07, 6.45) is 0.00304. The summed E-state index contributed by atoms with van der Waals surface area (Å²) in [6, 6.07) is 0.0110. The molecule has 0 radical (unpaired) electrons. The maximum absolute atomic E-state index is 10.3. The highest BCUT2D eigenvalue weighted by Gasteiger charge is 2.20. The Bertz CT molecular complexity index is 448. The third-order valence-corrected chi connectivity index (χ3v) is 4.47. The highest BCUT2D eigenvalue weighted by molar-refractivity contribution is 5.66. The zero-order valence-electron chi connectivity index (χ0n) is 21.3. The van der Waals surface area contributed by atoms with E-state index in [1.165, 1.54) is 0 Å². The van der Waals surface area contributed by atoms with Crippen molar-refractivity contribution in [1.82, 2.24) is 0 Å². The van der Waals surface area contributed by atoms with Gasteiger partial charge in [0.05, 0.1) is 112 Å². The lowest BCUT2D eigenvalue weighted by molar-refractivity contribution is -0.138. The van der Waals surface area contributed by atoms with Crippen LogP contribution in [-0.4, -0.2) is 123 Å². The van der Waals surface area contributed by atoms with Gasteiger partial charge < -0.3 is 48.7 Å². The molecule has 0 heterocycles. The molecule has 0 amide bonds. The molecule has 3 N–H and O–H groups in total. The summed E-state index contributed by atoms with van der Waals surface area (Å²) in [5.74, 6) is -0.870. The van der Waals surface area contributed by atoms with Crippen LogP contribution in [0.3, 0.4) is 0 Å². The van der Waals surface area contributed by atoms with Crippen molar-refractivity contribution in [3.8, 4) is 0 Å². The Morgan fingerprint density at radius 1 is 0.588 bits per heavy atom. The van der Waals surface area contributed by atoms with Crippen LogP contribution in [0.15, 0.2) is 0 Å². The van der Waals surface area contributed by atoms with Crippen LogP contribution in [0.5, 0.6) is 0 Å². The molecule has 0 saturated heterocycles. The van der Waals surface area contributed by atoms with Crippen molar-refractivity contribution in [2.75, 3.05) is 106 Å². The van der Waals surface area contributed by atoms with Gasteiger partial charge in [-0.25, -0.2) is 0 Å². The minimum atomic E-state index is -0.870. The zero-order chi connectivity index (χ0) is 25.3. The molecule has 0 aliphatic heterocycles. The first kappa shape index (κ1) is 33.1. The summed E-state index contributed by atoms with van der Waals surface area (Å²) in [4.78, 5) is 10.3. The summed E-state index contributed by atoms with van der Waals surface area (Å²) >= 11 is 0. The van der Waals surface area contributed by atoms with Gasteiger partial charge in [-0.15, -0.1) is 0 Å². The van der Waals surface area contributed by atoms with Crippen LogP contribution >= 0.6 is 0 Å². The van der Waals surface area contributed by atoms with Crippen molar-refractivity contribution in [3.05, 3.63) is 0 Å². The molecule has 0 fully saturated rings. The number of carboxylic acids is 1. The maximum Gasteiger partial charge on any atom is 0.305 e. The molecule has 0 rings (SSSR count). The Hall–Kier alpha value is -0.890. The van der Waals surface area contributed by atoms with Crippen molar-refractivity contribution in [3.63, 3.8) is 0 Å². The first-order chi connectivity index (χ1) is 16.3. The molecular formula is C23H47NO10. The fraction of sp³-hybridized carbons (Fsp3) is 0.957. The second-order valence-electron chi connectivity index (χ2n) is 8.48. The number of rotatable bonds is 26. The molecule has 34 heavy (non-hydrogen) atoms. The van der Waals surface area contributed by atoms with Gasteiger partial charge in [0.15, 0.2) is 0 Å². The third kappa shape index (κ3) is 25.7. The van der Waals surface area contributed by atoms with Crippen LogP contribution in [0.2, 0.25) is 0 Å². The van der Waals surface area contributed by atoms with E-state index >= 15 is 0 Å². The van der Waals surface area contributed by atoms with Gasteiger partial charge in [-0.05, 0) is 5.41 Å². The van der Waals surface area contributed by atoms with Gasteiger partial charge in [-0.1, -0.05) is 20.8 Å². The number of hydrogen-bond acceptors (Lipinski definition) is 10. The molecule has 0 bridgehead atoms. The molecule has 1 unspecified atom stereocenters. The van der Waals surface area contributed by atoms with E-state index in [1.807, 2.05) is 0 Å². The molecule has 1 atom stereocenters. The maximum atomic E-state index is 10.3.